The molecule has 144 valence electrons. The van der Waals surface area contributed by atoms with Crippen LogP contribution in [0.25, 0.3) is 0 Å². The lowest BCUT2D eigenvalue weighted by Crippen LogP contribution is -2.32. The SMILES string of the molecule is Cc1nc(CSc2ccc(C(=O)NCC(=O)Nc3ccccc3Br)cc2)cs1. The molecular formula is C20H18BrN3O2S2. The van der Waals surface area contributed by atoms with E-state index in [1.54, 1.807) is 41.3 Å². The van der Waals surface area contributed by atoms with Crippen molar-refractivity contribution in [1.82, 2.24) is 10.3 Å². The topological polar surface area (TPSA) is 71.1 Å². The van der Waals surface area contributed by atoms with Gasteiger partial charge in [-0.05, 0) is 59.3 Å². The van der Waals surface area contributed by atoms with Gasteiger partial charge in [0.15, 0.2) is 0 Å². The van der Waals surface area contributed by atoms with E-state index in [1.165, 1.54) is 0 Å². The minimum atomic E-state index is -0.286. The summed E-state index contributed by atoms with van der Waals surface area (Å²) in [5, 5.41) is 8.51. The highest BCUT2D eigenvalue weighted by atomic mass is 79.9. The normalized spacial score (nSPS) is 10.5. The smallest absolute Gasteiger partial charge is 0.251 e. The quantitative estimate of drug-likeness (QED) is 0.477. The predicted molar refractivity (Wildman–Crippen MR) is 118 cm³/mol. The van der Waals surface area contributed by atoms with Crippen LogP contribution in [0, 0.1) is 6.92 Å². The fraction of sp³-hybridized carbons (Fsp3) is 0.150. The van der Waals surface area contributed by atoms with Gasteiger partial charge in [-0.25, -0.2) is 4.98 Å². The molecule has 0 bridgehead atoms. The highest BCUT2D eigenvalue weighted by molar-refractivity contribution is 9.10. The maximum absolute atomic E-state index is 12.2. The summed E-state index contributed by atoms with van der Waals surface area (Å²) >= 11 is 6.68. The zero-order valence-corrected chi connectivity index (χ0v) is 18.3. The average Bonchev–Trinajstić information content (AvgIpc) is 3.12. The second kappa shape index (κ2) is 9.86. The van der Waals surface area contributed by atoms with E-state index in [2.05, 4.69) is 36.9 Å². The highest BCUT2D eigenvalue weighted by Crippen LogP contribution is 2.24. The number of thioether (sulfide) groups is 1. The Balaban J connectivity index is 1.47. The van der Waals surface area contributed by atoms with Crippen LogP contribution in [0.2, 0.25) is 0 Å². The molecule has 0 aliphatic carbocycles. The Bertz CT molecular complexity index is 974. The van der Waals surface area contributed by atoms with Gasteiger partial charge in [-0.1, -0.05) is 12.1 Å². The van der Waals surface area contributed by atoms with Gasteiger partial charge >= 0.3 is 0 Å². The van der Waals surface area contributed by atoms with Crippen LogP contribution in [0.15, 0.2) is 63.3 Å². The van der Waals surface area contributed by atoms with Crippen LogP contribution in [-0.2, 0) is 10.5 Å². The van der Waals surface area contributed by atoms with Crippen molar-refractivity contribution in [2.75, 3.05) is 11.9 Å². The van der Waals surface area contributed by atoms with Gasteiger partial charge in [-0.15, -0.1) is 23.1 Å². The van der Waals surface area contributed by atoms with E-state index in [4.69, 9.17) is 0 Å². The van der Waals surface area contributed by atoms with Gasteiger partial charge in [0.2, 0.25) is 5.91 Å². The molecule has 0 radical (unpaired) electrons. The Morgan fingerprint density at radius 2 is 1.89 bits per heavy atom. The van der Waals surface area contributed by atoms with Gasteiger partial charge in [0, 0.05) is 26.1 Å². The maximum atomic E-state index is 12.2. The molecule has 0 saturated heterocycles. The van der Waals surface area contributed by atoms with Crippen LogP contribution in [0.5, 0.6) is 0 Å². The number of benzene rings is 2. The third-order valence-corrected chi connectivity index (χ3v) is 6.29. The van der Waals surface area contributed by atoms with Crippen LogP contribution in [0.1, 0.15) is 21.1 Å². The Labute approximate surface area is 180 Å². The Morgan fingerprint density at radius 1 is 1.14 bits per heavy atom. The summed E-state index contributed by atoms with van der Waals surface area (Å²) in [6.45, 7) is 1.89. The number of rotatable bonds is 7. The van der Waals surface area contributed by atoms with Crippen LogP contribution >= 0.6 is 39.0 Å². The number of nitrogens with one attached hydrogen (secondary N) is 2. The summed E-state index contributed by atoms with van der Waals surface area (Å²) < 4.78 is 0.788. The van der Waals surface area contributed by atoms with Crippen molar-refractivity contribution in [1.29, 1.82) is 0 Å². The number of aryl methyl sites for hydroxylation is 1. The summed E-state index contributed by atoms with van der Waals surface area (Å²) in [4.78, 5) is 29.8. The summed E-state index contributed by atoms with van der Waals surface area (Å²) in [6, 6.07) is 14.6. The number of hydrogen-bond donors (Lipinski definition) is 2. The fourth-order valence-electron chi connectivity index (χ4n) is 2.35. The first-order chi connectivity index (χ1) is 13.5. The Hall–Kier alpha value is -2.16. The molecule has 2 aromatic carbocycles. The van der Waals surface area contributed by atoms with Crippen molar-refractivity contribution >= 4 is 56.5 Å². The summed E-state index contributed by atoms with van der Waals surface area (Å²) in [6.07, 6.45) is 0. The number of halogens is 1. The molecule has 0 fully saturated rings. The first kappa shape index (κ1) is 20.6. The van der Waals surface area contributed by atoms with Crippen LogP contribution in [0.4, 0.5) is 5.69 Å². The molecule has 0 aliphatic rings. The number of nitrogens with zero attached hydrogens (tertiary/aromatic N) is 1. The number of carbonyl (C=O) groups excluding carboxylic acids is 2. The lowest BCUT2D eigenvalue weighted by atomic mass is 10.2. The molecule has 2 amide bonds. The van der Waals surface area contributed by atoms with E-state index in [1.807, 2.05) is 37.3 Å². The van der Waals surface area contributed by atoms with E-state index >= 15 is 0 Å². The second-order valence-corrected chi connectivity index (χ2v) is 8.85. The molecular weight excluding hydrogens is 458 g/mol. The second-order valence-electron chi connectivity index (χ2n) is 5.88. The fourth-order valence-corrected chi connectivity index (χ4v) is 4.25. The van der Waals surface area contributed by atoms with Crippen molar-refractivity contribution in [2.24, 2.45) is 0 Å². The standard InChI is InChI=1S/C20H18BrN3O2S2/c1-13-23-15(11-27-13)12-28-16-8-6-14(7-9-16)20(26)22-10-19(25)24-18-5-3-2-4-17(18)21/h2-9,11H,10,12H2,1H3,(H,22,26)(H,24,25). The lowest BCUT2D eigenvalue weighted by Gasteiger charge is -2.09. The van der Waals surface area contributed by atoms with Crippen molar-refractivity contribution < 1.29 is 9.59 Å². The predicted octanol–water partition coefficient (Wildman–Crippen LogP) is 4.87. The van der Waals surface area contributed by atoms with Crippen LogP contribution in [0.3, 0.4) is 0 Å². The van der Waals surface area contributed by atoms with Gasteiger partial charge in [0.05, 0.1) is 22.9 Å². The van der Waals surface area contributed by atoms with Crippen molar-refractivity contribution in [2.45, 2.75) is 17.6 Å². The molecule has 28 heavy (non-hydrogen) atoms. The van der Waals surface area contributed by atoms with Gasteiger partial charge in [0.1, 0.15) is 0 Å². The van der Waals surface area contributed by atoms with Crippen molar-refractivity contribution in [3.05, 3.63) is 74.6 Å². The number of para-hydroxylation sites is 1. The molecule has 0 unspecified atom stereocenters. The van der Waals surface area contributed by atoms with Crippen LogP contribution in [-0.4, -0.2) is 23.3 Å². The average molecular weight is 476 g/mol. The lowest BCUT2D eigenvalue weighted by molar-refractivity contribution is -0.115. The van der Waals surface area contributed by atoms with Crippen LogP contribution < -0.4 is 10.6 Å². The van der Waals surface area contributed by atoms with E-state index in [-0.39, 0.29) is 18.4 Å². The third-order valence-electron chi connectivity index (χ3n) is 3.73. The Morgan fingerprint density at radius 3 is 2.57 bits per heavy atom. The number of aromatic nitrogens is 1. The molecule has 3 aromatic rings. The molecule has 0 aliphatic heterocycles. The van der Waals surface area contributed by atoms with Gasteiger partial charge in [-0.2, -0.15) is 0 Å². The largest absolute Gasteiger partial charge is 0.343 e. The van der Waals surface area contributed by atoms with Crippen molar-refractivity contribution in [3.63, 3.8) is 0 Å². The minimum absolute atomic E-state index is 0.0974. The number of hydrogen-bond acceptors (Lipinski definition) is 5. The highest BCUT2D eigenvalue weighted by Gasteiger charge is 2.10. The monoisotopic (exact) mass is 475 g/mol. The molecule has 5 nitrogen and oxygen atoms in total. The summed E-state index contributed by atoms with van der Waals surface area (Å²) in [5.74, 6) is 0.227. The molecule has 0 spiro atoms. The molecule has 1 aromatic heterocycles. The minimum Gasteiger partial charge on any atom is -0.343 e. The zero-order chi connectivity index (χ0) is 19.9. The first-order valence-electron chi connectivity index (χ1n) is 8.48. The Kier molecular flexibility index (Phi) is 7.24. The summed E-state index contributed by atoms with van der Waals surface area (Å²) in [5.41, 5.74) is 2.24. The summed E-state index contributed by atoms with van der Waals surface area (Å²) in [7, 11) is 0. The number of anilines is 1. The van der Waals surface area contributed by atoms with Crippen molar-refractivity contribution in [3.8, 4) is 0 Å². The molecule has 2 N–H and O–H groups in total. The van der Waals surface area contributed by atoms with E-state index in [0.29, 0.717) is 11.3 Å². The number of amides is 2. The molecule has 0 saturated carbocycles. The van der Waals surface area contributed by atoms with Gasteiger partial charge in [-0.3, -0.25) is 9.59 Å². The van der Waals surface area contributed by atoms with E-state index < -0.39 is 0 Å². The molecule has 8 heteroatoms. The maximum Gasteiger partial charge on any atom is 0.251 e. The van der Waals surface area contributed by atoms with E-state index in [9.17, 15) is 9.59 Å². The zero-order valence-electron chi connectivity index (χ0n) is 15.1. The van der Waals surface area contributed by atoms with Gasteiger partial charge < -0.3 is 10.6 Å². The van der Waals surface area contributed by atoms with Gasteiger partial charge in [0.25, 0.3) is 5.91 Å². The number of carbonyl (C=O) groups is 2. The van der Waals surface area contributed by atoms with E-state index in [0.717, 1.165) is 25.8 Å². The molecule has 3 rings (SSSR count). The number of thiazole rings is 1. The molecule has 1 heterocycles. The molecule has 0 atom stereocenters. The third kappa shape index (κ3) is 5.92. The first-order valence-corrected chi connectivity index (χ1v) is 11.1.